The number of thiazole rings is 1. The summed E-state index contributed by atoms with van der Waals surface area (Å²) in [4.78, 5) is 29.4. The van der Waals surface area contributed by atoms with Crippen LogP contribution in [0.5, 0.6) is 5.75 Å². The number of benzene rings is 2. The molecule has 1 aliphatic rings. The molecule has 2 aromatic carbocycles. The van der Waals surface area contributed by atoms with Crippen molar-refractivity contribution in [3.05, 3.63) is 80.8 Å². The summed E-state index contributed by atoms with van der Waals surface area (Å²) in [5.41, 5.74) is 4.46. The smallest absolute Gasteiger partial charge is 0.358 e. The van der Waals surface area contributed by atoms with Crippen LogP contribution >= 0.6 is 11.3 Å². The summed E-state index contributed by atoms with van der Waals surface area (Å²) in [6.45, 7) is 3.88. The van der Waals surface area contributed by atoms with E-state index in [0.717, 1.165) is 30.6 Å². The molecule has 0 bridgehead atoms. The van der Waals surface area contributed by atoms with Gasteiger partial charge < -0.3 is 9.47 Å². The van der Waals surface area contributed by atoms with Gasteiger partial charge in [0.1, 0.15) is 17.4 Å². The van der Waals surface area contributed by atoms with Gasteiger partial charge in [-0.3, -0.25) is 4.79 Å². The van der Waals surface area contributed by atoms with Crippen LogP contribution in [0, 0.1) is 6.92 Å². The number of Topliss-reactive ketones (excluding diaryl/α,β-unsaturated/α-hetero) is 1. The largest absolute Gasteiger partial charge is 0.486 e. The lowest BCUT2D eigenvalue weighted by Crippen LogP contribution is -2.24. The second-order valence-corrected chi connectivity index (χ2v) is 8.42. The van der Waals surface area contributed by atoms with E-state index in [4.69, 9.17) is 9.47 Å². The molecule has 4 rings (SSSR count). The fraction of sp³-hybridized carbons (Fsp3) is 0.292. The minimum Gasteiger partial charge on any atom is -0.486 e. The average Bonchev–Trinajstić information content (AvgIpc) is 3.41. The van der Waals surface area contributed by atoms with E-state index in [0.29, 0.717) is 10.6 Å². The van der Waals surface area contributed by atoms with Gasteiger partial charge in [-0.05, 0) is 62.4 Å². The lowest BCUT2D eigenvalue weighted by Gasteiger charge is -2.12. The molecule has 0 spiro atoms. The summed E-state index contributed by atoms with van der Waals surface area (Å²) in [5.74, 6) is -0.0560. The monoisotopic (exact) mass is 421 g/mol. The summed E-state index contributed by atoms with van der Waals surface area (Å²) in [7, 11) is 0. The Morgan fingerprint density at radius 1 is 1.10 bits per heavy atom. The second-order valence-electron chi connectivity index (χ2n) is 7.48. The number of hydrogen-bond donors (Lipinski definition) is 0. The Labute approximate surface area is 179 Å². The van der Waals surface area contributed by atoms with E-state index in [1.54, 1.807) is 12.3 Å². The number of carbonyl (C=O) groups excluding carboxylic acids is 2. The Morgan fingerprint density at radius 3 is 2.67 bits per heavy atom. The second kappa shape index (κ2) is 8.79. The zero-order valence-electron chi connectivity index (χ0n) is 17.0. The van der Waals surface area contributed by atoms with Gasteiger partial charge >= 0.3 is 5.97 Å². The maximum absolute atomic E-state index is 12.7. The maximum Gasteiger partial charge on any atom is 0.358 e. The number of nitrogens with zero attached hydrogens (tertiary/aromatic N) is 1. The molecular formula is C24H23NO4S. The zero-order chi connectivity index (χ0) is 21.1. The van der Waals surface area contributed by atoms with E-state index in [-0.39, 0.29) is 18.1 Å². The zero-order valence-corrected chi connectivity index (χ0v) is 17.8. The minimum atomic E-state index is -0.870. The summed E-state index contributed by atoms with van der Waals surface area (Å²) >= 11 is 1.32. The summed E-state index contributed by atoms with van der Waals surface area (Å²) in [6, 6.07) is 13.5. The number of aryl methyl sites for hydroxylation is 3. The van der Waals surface area contributed by atoms with Crippen LogP contribution in [0.1, 0.15) is 55.9 Å². The van der Waals surface area contributed by atoms with Crippen molar-refractivity contribution in [2.45, 2.75) is 45.8 Å². The first kappa shape index (κ1) is 20.3. The standard InChI is InChI=1S/C24H23NO4S/c1-15-6-10-20(11-7-15)28-13-22-25-21(14-30-22)24(27)29-16(2)23(26)19-9-8-17-4-3-5-18(17)12-19/h6-12,14,16H,3-5,13H2,1-2H3. The van der Waals surface area contributed by atoms with Crippen molar-refractivity contribution in [3.8, 4) is 5.75 Å². The van der Waals surface area contributed by atoms with Crippen LogP contribution in [0.25, 0.3) is 0 Å². The van der Waals surface area contributed by atoms with Crippen molar-refractivity contribution in [1.29, 1.82) is 0 Å². The quantitative estimate of drug-likeness (QED) is 0.399. The Hall–Kier alpha value is -2.99. The average molecular weight is 422 g/mol. The predicted octanol–water partition coefficient (Wildman–Crippen LogP) is 4.95. The predicted molar refractivity (Wildman–Crippen MR) is 115 cm³/mol. The molecule has 3 aromatic rings. The molecule has 0 radical (unpaired) electrons. The van der Waals surface area contributed by atoms with Crippen molar-refractivity contribution < 1.29 is 19.1 Å². The van der Waals surface area contributed by atoms with Crippen LogP contribution in [0.2, 0.25) is 0 Å². The van der Waals surface area contributed by atoms with Crippen molar-refractivity contribution in [2.75, 3.05) is 0 Å². The lowest BCUT2D eigenvalue weighted by molar-refractivity contribution is 0.0313. The number of carbonyl (C=O) groups is 2. The van der Waals surface area contributed by atoms with Gasteiger partial charge in [-0.1, -0.05) is 29.8 Å². The van der Waals surface area contributed by atoms with Gasteiger partial charge in [-0.15, -0.1) is 11.3 Å². The van der Waals surface area contributed by atoms with Crippen LogP contribution in [-0.2, 0) is 24.2 Å². The maximum atomic E-state index is 12.7. The number of ether oxygens (including phenoxy) is 2. The first-order valence-corrected chi connectivity index (χ1v) is 10.9. The highest BCUT2D eigenvalue weighted by Crippen LogP contribution is 2.24. The van der Waals surface area contributed by atoms with Gasteiger partial charge in [0.25, 0.3) is 0 Å². The summed E-state index contributed by atoms with van der Waals surface area (Å²) in [6.07, 6.45) is 2.31. The van der Waals surface area contributed by atoms with Crippen LogP contribution in [-0.4, -0.2) is 22.8 Å². The van der Waals surface area contributed by atoms with Gasteiger partial charge in [-0.2, -0.15) is 0 Å². The molecule has 0 saturated carbocycles. The molecule has 0 N–H and O–H groups in total. The number of fused-ring (bicyclic) bond motifs is 1. The number of aromatic nitrogens is 1. The number of rotatable bonds is 7. The Kier molecular flexibility index (Phi) is 5.95. The third-order valence-corrected chi connectivity index (χ3v) is 6.00. The van der Waals surface area contributed by atoms with Gasteiger partial charge in [-0.25, -0.2) is 9.78 Å². The highest BCUT2D eigenvalue weighted by molar-refractivity contribution is 7.09. The number of hydrogen-bond acceptors (Lipinski definition) is 6. The molecule has 1 atom stereocenters. The molecule has 0 saturated heterocycles. The summed E-state index contributed by atoms with van der Waals surface area (Å²) in [5, 5.41) is 2.29. The highest BCUT2D eigenvalue weighted by Gasteiger charge is 2.23. The Balaban J connectivity index is 1.34. The van der Waals surface area contributed by atoms with E-state index in [1.807, 2.05) is 49.4 Å². The van der Waals surface area contributed by atoms with Gasteiger partial charge in [0.05, 0.1) is 0 Å². The molecule has 5 nitrogen and oxygen atoms in total. The molecule has 1 unspecified atom stereocenters. The molecule has 0 fully saturated rings. The van der Waals surface area contributed by atoms with Crippen molar-refractivity contribution >= 4 is 23.1 Å². The number of ketones is 1. The molecule has 1 aliphatic carbocycles. The van der Waals surface area contributed by atoms with Crippen molar-refractivity contribution in [2.24, 2.45) is 0 Å². The molecule has 0 aliphatic heterocycles. The van der Waals surface area contributed by atoms with Gasteiger partial charge in [0.15, 0.2) is 11.8 Å². The van der Waals surface area contributed by atoms with E-state index in [1.165, 1.54) is 22.5 Å². The normalized spacial score (nSPS) is 13.5. The topological polar surface area (TPSA) is 65.5 Å². The van der Waals surface area contributed by atoms with Crippen LogP contribution in [0.15, 0.2) is 47.8 Å². The van der Waals surface area contributed by atoms with E-state index < -0.39 is 12.1 Å². The minimum absolute atomic E-state index is 0.191. The van der Waals surface area contributed by atoms with E-state index in [9.17, 15) is 9.59 Å². The fourth-order valence-corrected chi connectivity index (χ4v) is 4.16. The number of esters is 1. The molecule has 6 heteroatoms. The first-order chi connectivity index (χ1) is 14.5. The molecule has 154 valence electrons. The SMILES string of the molecule is Cc1ccc(OCc2nc(C(=O)OC(C)C(=O)c3ccc4c(c3)CCC4)cs2)cc1. The van der Waals surface area contributed by atoms with Crippen molar-refractivity contribution in [1.82, 2.24) is 4.98 Å². The fourth-order valence-electron chi connectivity index (χ4n) is 3.48. The molecular weight excluding hydrogens is 398 g/mol. The third-order valence-electron chi connectivity index (χ3n) is 5.18. The first-order valence-electron chi connectivity index (χ1n) is 10.0. The van der Waals surface area contributed by atoms with E-state index in [2.05, 4.69) is 4.98 Å². The van der Waals surface area contributed by atoms with Crippen LogP contribution < -0.4 is 4.74 Å². The van der Waals surface area contributed by atoms with Gasteiger partial charge in [0.2, 0.25) is 5.78 Å². The van der Waals surface area contributed by atoms with Gasteiger partial charge in [0, 0.05) is 10.9 Å². The van der Waals surface area contributed by atoms with E-state index >= 15 is 0 Å². The third kappa shape index (κ3) is 4.60. The van der Waals surface area contributed by atoms with Crippen LogP contribution in [0.4, 0.5) is 0 Å². The summed E-state index contributed by atoms with van der Waals surface area (Å²) < 4.78 is 11.1. The highest BCUT2D eigenvalue weighted by atomic mass is 32.1. The Bertz CT molecular complexity index is 1070. The Morgan fingerprint density at radius 2 is 1.87 bits per heavy atom. The molecule has 30 heavy (non-hydrogen) atoms. The van der Waals surface area contributed by atoms with Crippen LogP contribution in [0.3, 0.4) is 0 Å². The van der Waals surface area contributed by atoms with Crippen molar-refractivity contribution in [3.63, 3.8) is 0 Å². The lowest BCUT2D eigenvalue weighted by atomic mass is 10.0. The molecule has 1 aromatic heterocycles. The molecule has 1 heterocycles. The molecule has 0 amide bonds.